The molecule has 1 aliphatic heterocycles. The minimum atomic E-state index is -1.82. The third kappa shape index (κ3) is 4.18. The first-order valence-electron chi connectivity index (χ1n) is 5.78. The number of hydrogen-bond acceptors (Lipinski definition) is 3. The predicted octanol–water partition coefficient (Wildman–Crippen LogP) is 0.942. The number of carboxylic acid groups (broad SMARTS) is 2. The lowest BCUT2D eigenvalue weighted by Gasteiger charge is -2.12. The van der Waals surface area contributed by atoms with Crippen molar-refractivity contribution < 1.29 is 19.8 Å². The quantitative estimate of drug-likeness (QED) is 0.538. The SMILES string of the molecule is C1CCC2CNC[C@H]2CC1.O=C(O)C(=O)O. The van der Waals surface area contributed by atoms with Crippen molar-refractivity contribution in [2.24, 2.45) is 11.8 Å². The maximum Gasteiger partial charge on any atom is 0.414 e. The number of rotatable bonds is 0. The fourth-order valence-corrected chi connectivity index (χ4v) is 2.45. The Morgan fingerprint density at radius 3 is 1.69 bits per heavy atom. The lowest BCUT2D eigenvalue weighted by Crippen LogP contribution is -2.09. The van der Waals surface area contributed by atoms with Crippen LogP contribution < -0.4 is 5.32 Å². The largest absolute Gasteiger partial charge is 0.473 e. The third-order valence-electron chi connectivity index (χ3n) is 3.31. The molecule has 0 aromatic heterocycles. The molecule has 5 nitrogen and oxygen atoms in total. The molecular formula is C11H19NO4. The van der Waals surface area contributed by atoms with Crippen LogP contribution in [0.3, 0.4) is 0 Å². The highest BCUT2D eigenvalue weighted by atomic mass is 16.4. The van der Waals surface area contributed by atoms with Crippen molar-refractivity contribution in [3.63, 3.8) is 0 Å². The van der Waals surface area contributed by atoms with Crippen LogP contribution in [0.1, 0.15) is 32.1 Å². The van der Waals surface area contributed by atoms with Gasteiger partial charge in [-0.05, 0) is 37.8 Å². The summed E-state index contributed by atoms with van der Waals surface area (Å²) in [6.07, 6.45) is 7.47. The maximum atomic E-state index is 9.10. The lowest BCUT2D eigenvalue weighted by molar-refractivity contribution is -0.159. The fourth-order valence-electron chi connectivity index (χ4n) is 2.45. The van der Waals surface area contributed by atoms with Crippen LogP contribution in [0.15, 0.2) is 0 Å². The first kappa shape index (κ1) is 13.0. The molecular weight excluding hydrogens is 210 g/mol. The molecule has 1 heterocycles. The molecule has 2 rings (SSSR count). The van der Waals surface area contributed by atoms with E-state index in [1.54, 1.807) is 0 Å². The summed E-state index contributed by atoms with van der Waals surface area (Å²) in [4.78, 5) is 18.2. The van der Waals surface area contributed by atoms with E-state index in [2.05, 4.69) is 5.32 Å². The molecule has 0 radical (unpaired) electrons. The molecule has 2 atom stereocenters. The molecule has 5 heteroatoms. The summed E-state index contributed by atoms with van der Waals surface area (Å²) in [5, 5.41) is 18.3. The first-order valence-corrected chi connectivity index (χ1v) is 5.78. The first-order chi connectivity index (χ1) is 7.61. The van der Waals surface area contributed by atoms with E-state index in [1.807, 2.05) is 0 Å². The molecule has 1 unspecified atom stereocenters. The second kappa shape index (κ2) is 6.48. The van der Waals surface area contributed by atoms with Gasteiger partial charge in [-0.25, -0.2) is 9.59 Å². The standard InChI is InChI=1S/C9H17N.C2H2O4/c1-2-4-8-6-10-7-9(8)5-3-1;3-1(4)2(5)6/h8-10H,1-7H2;(H,3,4)(H,5,6)/t8-,9?;/m1./s1. The topological polar surface area (TPSA) is 86.6 Å². The van der Waals surface area contributed by atoms with Gasteiger partial charge in [0.05, 0.1) is 0 Å². The van der Waals surface area contributed by atoms with Crippen LogP contribution in [0, 0.1) is 11.8 Å². The Kier molecular flexibility index (Phi) is 5.25. The zero-order valence-electron chi connectivity index (χ0n) is 9.32. The van der Waals surface area contributed by atoms with E-state index >= 15 is 0 Å². The molecule has 0 bridgehead atoms. The number of carboxylic acids is 2. The van der Waals surface area contributed by atoms with E-state index in [1.165, 1.54) is 45.2 Å². The van der Waals surface area contributed by atoms with Crippen molar-refractivity contribution in [3.8, 4) is 0 Å². The van der Waals surface area contributed by atoms with Crippen LogP contribution in [-0.4, -0.2) is 35.2 Å². The molecule has 16 heavy (non-hydrogen) atoms. The number of hydrogen-bond donors (Lipinski definition) is 3. The Labute approximate surface area is 94.8 Å². The Hall–Kier alpha value is -1.10. The zero-order chi connectivity index (χ0) is 12.0. The molecule has 0 aromatic rings. The summed E-state index contributed by atoms with van der Waals surface area (Å²) < 4.78 is 0. The van der Waals surface area contributed by atoms with Gasteiger partial charge in [-0.3, -0.25) is 0 Å². The molecule has 2 aliphatic rings. The van der Waals surface area contributed by atoms with E-state index in [-0.39, 0.29) is 0 Å². The summed E-state index contributed by atoms with van der Waals surface area (Å²) >= 11 is 0. The van der Waals surface area contributed by atoms with Crippen LogP contribution in [0.25, 0.3) is 0 Å². The highest BCUT2D eigenvalue weighted by Crippen LogP contribution is 2.30. The van der Waals surface area contributed by atoms with Gasteiger partial charge in [-0.15, -0.1) is 0 Å². The van der Waals surface area contributed by atoms with E-state index in [0.717, 1.165) is 11.8 Å². The monoisotopic (exact) mass is 229 g/mol. The van der Waals surface area contributed by atoms with Gasteiger partial charge in [0, 0.05) is 0 Å². The minimum Gasteiger partial charge on any atom is -0.473 e. The van der Waals surface area contributed by atoms with Crippen molar-refractivity contribution >= 4 is 11.9 Å². The zero-order valence-corrected chi connectivity index (χ0v) is 9.32. The van der Waals surface area contributed by atoms with E-state index in [0.29, 0.717) is 0 Å². The van der Waals surface area contributed by atoms with Crippen molar-refractivity contribution in [3.05, 3.63) is 0 Å². The fraction of sp³-hybridized carbons (Fsp3) is 0.818. The van der Waals surface area contributed by atoms with Gasteiger partial charge in [0.1, 0.15) is 0 Å². The summed E-state index contributed by atoms with van der Waals surface area (Å²) in [5.74, 6) is -1.56. The predicted molar refractivity (Wildman–Crippen MR) is 58.2 cm³/mol. The summed E-state index contributed by atoms with van der Waals surface area (Å²) in [7, 11) is 0. The van der Waals surface area contributed by atoms with E-state index in [4.69, 9.17) is 19.8 Å². The Bertz CT molecular complexity index is 230. The van der Waals surface area contributed by atoms with E-state index in [9.17, 15) is 0 Å². The minimum absolute atomic E-state index is 1.04. The Morgan fingerprint density at radius 2 is 1.31 bits per heavy atom. The average Bonchev–Trinajstić information content (AvgIpc) is 2.56. The molecule has 1 aliphatic carbocycles. The maximum absolute atomic E-state index is 9.10. The van der Waals surface area contributed by atoms with Crippen LogP contribution in [0.5, 0.6) is 0 Å². The molecule has 2 fully saturated rings. The van der Waals surface area contributed by atoms with Gasteiger partial charge < -0.3 is 15.5 Å². The van der Waals surface area contributed by atoms with Crippen LogP contribution >= 0.6 is 0 Å². The Morgan fingerprint density at radius 1 is 0.875 bits per heavy atom. The van der Waals surface area contributed by atoms with Gasteiger partial charge in [0.2, 0.25) is 0 Å². The highest BCUT2D eigenvalue weighted by Gasteiger charge is 2.27. The summed E-state index contributed by atoms with van der Waals surface area (Å²) in [5.41, 5.74) is 0. The normalized spacial score (nSPS) is 28.2. The smallest absolute Gasteiger partial charge is 0.414 e. The highest BCUT2D eigenvalue weighted by molar-refractivity contribution is 6.27. The number of aliphatic carboxylic acids is 2. The third-order valence-corrected chi connectivity index (χ3v) is 3.31. The van der Waals surface area contributed by atoms with Crippen molar-refractivity contribution in [2.75, 3.05) is 13.1 Å². The van der Waals surface area contributed by atoms with Crippen LogP contribution in [-0.2, 0) is 9.59 Å². The molecule has 0 aromatic carbocycles. The van der Waals surface area contributed by atoms with Gasteiger partial charge in [-0.1, -0.05) is 19.3 Å². The molecule has 92 valence electrons. The van der Waals surface area contributed by atoms with Gasteiger partial charge in [0.25, 0.3) is 0 Å². The van der Waals surface area contributed by atoms with Gasteiger partial charge in [0.15, 0.2) is 0 Å². The van der Waals surface area contributed by atoms with Crippen LogP contribution in [0.2, 0.25) is 0 Å². The molecule has 0 spiro atoms. The lowest BCUT2D eigenvalue weighted by atomic mass is 9.92. The van der Waals surface area contributed by atoms with Crippen LogP contribution in [0.4, 0.5) is 0 Å². The second-order valence-electron chi connectivity index (χ2n) is 4.43. The Balaban J connectivity index is 0.000000187. The summed E-state index contributed by atoms with van der Waals surface area (Å²) in [6.45, 7) is 2.62. The number of nitrogens with one attached hydrogen (secondary N) is 1. The van der Waals surface area contributed by atoms with Crippen molar-refractivity contribution in [1.29, 1.82) is 0 Å². The number of carbonyl (C=O) groups is 2. The van der Waals surface area contributed by atoms with Crippen molar-refractivity contribution in [2.45, 2.75) is 32.1 Å². The second-order valence-corrected chi connectivity index (χ2v) is 4.43. The average molecular weight is 229 g/mol. The van der Waals surface area contributed by atoms with Gasteiger partial charge >= 0.3 is 11.9 Å². The van der Waals surface area contributed by atoms with E-state index < -0.39 is 11.9 Å². The van der Waals surface area contributed by atoms with Gasteiger partial charge in [-0.2, -0.15) is 0 Å². The summed E-state index contributed by atoms with van der Waals surface area (Å²) in [6, 6.07) is 0. The molecule has 1 saturated heterocycles. The molecule has 1 saturated carbocycles. The molecule has 0 amide bonds. The number of fused-ring (bicyclic) bond motifs is 1. The molecule has 3 N–H and O–H groups in total. The van der Waals surface area contributed by atoms with Crippen molar-refractivity contribution in [1.82, 2.24) is 5.32 Å².